The summed E-state index contributed by atoms with van der Waals surface area (Å²) in [5, 5.41) is 12.9. The SMILES string of the molecule is CC(C)c1cccc(C(C)C)c1NC(=O)COC(=O)[C@H](O)c1ccccc1. The predicted molar refractivity (Wildman–Crippen MR) is 106 cm³/mol. The van der Waals surface area contributed by atoms with Crippen molar-refractivity contribution >= 4 is 17.6 Å². The first-order chi connectivity index (χ1) is 12.8. The lowest BCUT2D eigenvalue weighted by molar-refractivity contribution is -0.156. The number of aliphatic hydroxyl groups excluding tert-OH is 1. The van der Waals surface area contributed by atoms with Gasteiger partial charge in [0.05, 0.1) is 0 Å². The number of hydrogen-bond donors (Lipinski definition) is 2. The molecule has 5 nitrogen and oxygen atoms in total. The molecule has 0 fully saturated rings. The number of hydrogen-bond acceptors (Lipinski definition) is 4. The Morgan fingerprint density at radius 3 is 2.00 bits per heavy atom. The van der Waals surface area contributed by atoms with E-state index in [0.29, 0.717) is 5.56 Å². The Labute approximate surface area is 160 Å². The van der Waals surface area contributed by atoms with Gasteiger partial charge < -0.3 is 15.2 Å². The molecular formula is C22H27NO4. The fourth-order valence-electron chi connectivity index (χ4n) is 2.86. The van der Waals surface area contributed by atoms with E-state index in [9.17, 15) is 14.7 Å². The van der Waals surface area contributed by atoms with E-state index < -0.39 is 24.6 Å². The van der Waals surface area contributed by atoms with E-state index >= 15 is 0 Å². The topological polar surface area (TPSA) is 75.6 Å². The van der Waals surface area contributed by atoms with Crippen molar-refractivity contribution in [1.29, 1.82) is 0 Å². The molecule has 0 aliphatic heterocycles. The van der Waals surface area contributed by atoms with Crippen LogP contribution in [-0.2, 0) is 14.3 Å². The minimum atomic E-state index is -1.41. The molecule has 0 aromatic heterocycles. The van der Waals surface area contributed by atoms with Gasteiger partial charge in [0.25, 0.3) is 5.91 Å². The van der Waals surface area contributed by atoms with Crippen molar-refractivity contribution in [2.75, 3.05) is 11.9 Å². The second-order valence-electron chi connectivity index (χ2n) is 7.09. The third-order valence-corrected chi connectivity index (χ3v) is 4.32. The van der Waals surface area contributed by atoms with Crippen LogP contribution in [0, 0.1) is 0 Å². The highest BCUT2D eigenvalue weighted by molar-refractivity contribution is 5.94. The molecule has 2 aromatic rings. The predicted octanol–water partition coefficient (Wildman–Crippen LogP) is 4.15. The minimum Gasteiger partial charge on any atom is -0.453 e. The van der Waals surface area contributed by atoms with Crippen LogP contribution in [0.5, 0.6) is 0 Å². The van der Waals surface area contributed by atoms with Gasteiger partial charge in [-0.2, -0.15) is 0 Å². The molecule has 0 aliphatic rings. The number of carbonyl (C=O) groups is 2. The van der Waals surface area contributed by atoms with Crippen LogP contribution in [0.25, 0.3) is 0 Å². The Morgan fingerprint density at radius 2 is 1.48 bits per heavy atom. The van der Waals surface area contributed by atoms with E-state index in [4.69, 9.17) is 4.74 Å². The molecule has 0 radical (unpaired) electrons. The molecule has 0 unspecified atom stereocenters. The first-order valence-electron chi connectivity index (χ1n) is 9.13. The van der Waals surface area contributed by atoms with Crippen LogP contribution in [0.15, 0.2) is 48.5 Å². The number of para-hydroxylation sites is 1. The number of carbonyl (C=O) groups excluding carboxylic acids is 2. The van der Waals surface area contributed by atoms with Crippen molar-refractivity contribution in [3.8, 4) is 0 Å². The maximum absolute atomic E-state index is 12.4. The maximum atomic E-state index is 12.4. The van der Waals surface area contributed by atoms with E-state index in [1.165, 1.54) is 0 Å². The summed E-state index contributed by atoms with van der Waals surface area (Å²) >= 11 is 0. The normalized spacial score (nSPS) is 12.1. The summed E-state index contributed by atoms with van der Waals surface area (Å²) in [6.45, 7) is 7.79. The third kappa shape index (κ3) is 5.41. The molecule has 0 saturated heterocycles. The third-order valence-electron chi connectivity index (χ3n) is 4.32. The number of anilines is 1. The summed E-state index contributed by atoms with van der Waals surface area (Å²) in [7, 11) is 0. The van der Waals surface area contributed by atoms with Crippen molar-refractivity contribution < 1.29 is 19.4 Å². The molecule has 27 heavy (non-hydrogen) atoms. The van der Waals surface area contributed by atoms with Crippen LogP contribution < -0.4 is 5.32 Å². The van der Waals surface area contributed by atoms with Crippen LogP contribution in [0.1, 0.15) is 62.3 Å². The second-order valence-corrected chi connectivity index (χ2v) is 7.09. The average molecular weight is 369 g/mol. The standard InChI is InChI=1S/C22H27NO4/c1-14(2)17-11-8-12-18(15(3)4)20(17)23-19(24)13-27-22(26)21(25)16-9-6-5-7-10-16/h5-12,14-15,21,25H,13H2,1-4H3,(H,23,24)/t21-/m1/s1. The number of nitrogens with one attached hydrogen (secondary N) is 1. The Kier molecular flexibility index (Phi) is 7.13. The van der Waals surface area contributed by atoms with Gasteiger partial charge in [0.1, 0.15) is 0 Å². The molecular weight excluding hydrogens is 342 g/mol. The molecule has 1 amide bonds. The number of benzene rings is 2. The average Bonchev–Trinajstić information content (AvgIpc) is 2.65. The highest BCUT2D eigenvalue weighted by atomic mass is 16.5. The van der Waals surface area contributed by atoms with Crippen LogP contribution in [0.3, 0.4) is 0 Å². The Balaban J connectivity index is 2.05. The molecule has 1 atom stereocenters. The molecule has 144 valence electrons. The molecule has 2 rings (SSSR count). The molecule has 0 bridgehead atoms. The van der Waals surface area contributed by atoms with Crippen molar-refractivity contribution in [2.45, 2.75) is 45.6 Å². The van der Waals surface area contributed by atoms with Gasteiger partial charge in [-0.05, 0) is 28.5 Å². The lowest BCUT2D eigenvalue weighted by Gasteiger charge is -2.20. The fourth-order valence-corrected chi connectivity index (χ4v) is 2.86. The largest absolute Gasteiger partial charge is 0.453 e. The second kappa shape index (κ2) is 9.33. The number of esters is 1. The highest BCUT2D eigenvalue weighted by Gasteiger charge is 2.21. The summed E-state index contributed by atoms with van der Waals surface area (Å²) in [6, 6.07) is 14.4. The van der Waals surface area contributed by atoms with Gasteiger partial charge in [-0.25, -0.2) is 4.79 Å². The summed E-state index contributed by atoms with van der Waals surface area (Å²) in [5.74, 6) is -0.806. The van der Waals surface area contributed by atoms with Gasteiger partial charge in [-0.3, -0.25) is 4.79 Å². The molecule has 0 saturated carbocycles. The van der Waals surface area contributed by atoms with Gasteiger partial charge in [-0.1, -0.05) is 76.2 Å². The monoisotopic (exact) mass is 369 g/mol. The van der Waals surface area contributed by atoms with Gasteiger partial charge in [0.2, 0.25) is 0 Å². The van der Waals surface area contributed by atoms with E-state index in [-0.39, 0.29) is 11.8 Å². The van der Waals surface area contributed by atoms with E-state index in [1.807, 2.05) is 18.2 Å². The first kappa shape index (κ1) is 20.6. The van der Waals surface area contributed by atoms with Crippen molar-refractivity contribution in [3.63, 3.8) is 0 Å². The number of amides is 1. The first-order valence-corrected chi connectivity index (χ1v) is 9.13. The van der Waals surface area contributed by atoms with E-state index in [2.05, 4.69) is 33.0 Å². The quantitative estimate of drug-likeness (QED) is 0.719. The molecule has 5 heteroatoms. The van der Waals surface area contributed by atoms with Gasteiger partial charge in [0, 0.05) is 5.69 Å². The smallest absolute Gasteiger partial charge is 0.340 e. The summed E-state index contributed by atoms with van der Waals surface area (Å²) < 4.78 is 4.99. The van der Waals surface area contributed by atoms with Crippen LogP contribution >= 0.6 is 0 Å². The lowest BCUT2D eigenvalue weighted by atomic mass is 9.92. The highest BCUT2D eigenvalue weighted by Crippen LogP contribution is 2.32. The summed E-state index contributed by atoms with van der Waals surface area (Å²) in [5.41, 5.74) is 3.26. The van der Waals surface area contributed by atoms with Crippen LogP contribution in [-0.4, -0.2) is 23.6 Å². The molecule has 0 aliphatic carbocycles. The molecule has 0 spiro atoms. The fraction of sp³-hybridized carbons (Fsp3) is 0.364. The number of ether oxygens (including phenoxy) is 1. The Hall–Kier alpha value is -2.66. The van der Waals surface area contributed by atoms with E-state index in [0.717, 1.165) is 16.8 Å². The summed E-state index contributed by atoms with van der Waals surface area (Å²) in [6.07, 6.45) is -1.41. The van der Waals surface area contributed by atoms with Gasteiger partial charge in [-0.15, -0.1) is 0 Å². The lowest BCUT2D eigenvalue weighted by Crippen LogP contribution is -2.25. The van der Waals surface area contributed by atoms with Crippen LogP contribution in [0.2, 0.25) is 0 Å². The zero-order valence-corrected chi connectivity index (χ0v) is 16.2. The van der Waals surface area contributed by atoms with Crippen molar-refractivity contribution in [2.24, 2.45) is 0 Å². The minimum absolute atomic E-state index is 0.237. The van der Waals surface area contributed by atoms with E-state index in [1.54, 1.807) is 30.3 Å². The van der Waals surface area contributed by atoms with Gasteiger partial charge >= 0.3 is 5.97 Å². The zero-order valence-electron chi connectivity index (χ0n) is 16.2. The van der Waals surface area contributed by atoms with Crippen molar-refractivity contribution in [3.05, 3.63) is 65.2 Å². The molecule has 2 aromatic carbocycles. The van der Waals surface area contributed by atoms with Crippen LogP contribution in [0.4, 0.5) is 5.69 Å². The number of aliphatic hydroxyl groups is 1. The van der Waals surface area contributed by atoms with Gasteiger partial charge in [0.15, 0.2) is 12.7 Å². The number of rotatable bonds is 7. The molecule has 0 heterocycles. The maximum Gasteiger partial charge on any atom is 0.340 e. The summed E-state index contributed by atoms with van der Waals surface area (Å²) in [4.78, 5) is 24.4. The Bertz CT molecular complexity index is 758. The molecule has 2 N–H and O–H groups in total. The zero-order chi connectivity index (χ0) is 20.0. The van der Waals surface area contributed by atoms with Crippen molar-refractivity contribution in [1.82, 2.24) is 0 Å². The Morgan fingerprint density at radius 1 is 0.926 bits per heavy atom.